The Kier molecular flexibility index (Phi) is 4.94. The number of nitrogens with one attached hydrogen (secondary N) is 1. The third-order valence-corrected chi connectivity index (χ3v) is 4.99. The summed E-state index contributed by atoms with van der Waals surface area (Å²) in [6.07, 6.45) is 1.25. The van der Waals surface area contributed by atoms with Gasteiger partial charge >= 0.3 is 6.03 Å². The van der Waals surface area contributed by atoms with Crippen molar-refractivity contribution < 1.29 is 23.9 Å². The van der Waals surface area contributed by atoms with Gasteiger partial charge in [-0.15, -0.1) is 0 Å². The summed E-state index contributed by atoms with van der Waals surface area (Å²) in [6, 6.07) is 9.34. The van der Waals surface area contributed by atoms with Crippen molar-refractivity contribution in [2.24, 2.45) is 10.9 Å². The van der Waals surface area contributed by atoms with Crippen molar-refractivity contribution in [1.82, 2.24) is 5.32 Å². The highest BCUT2D eigenvalue weighted by Gasteiger charge is 2.40. The highest BCUT2D eigenvalue weighted by molar-refractivity contribution is 6.34. The van der Waals surface area contributed by atoms with Crippen LogP contribution in [0.3, 0.4) is 0 Å². The van der Waals surface area contributed by atoms with Crippen molar-refractivity contribution >= 4 is 41.3 Å². The predicted octanol–water partition coefficient (Wildman–Crippen LogP) is 2.85. The lowest BCUT2D eigenvalue weighted by Gasteiger charge is -2.28. The molecule has 0 unspecified atom stereocenters. The summed E-state index contributed by atoms with van der Waals surface area (Å²) in [5, 5.41) is 2.59. The Balaban J connectivity index is 1.52. The molecule has 1 fully saturated rings. The number of benzene rings is 2. The molecular weight excluding hydrogens is 398 g/mol. The molecule has 0 spiro atoms. The molecule has 4 rings (SSSR count). The Morgan fingerprint density at radius 3 is 2.76 bits per heavy atom. The van der Waals surface area contributed by atoms with Crippen molar-refractivity contribution in [2.45, 2.75) is 13.5 Å². The molecule has 0 radical (unpaired) electrons. The van der Waals surface area contributed by atoms with Crippen LogP contribution >= 0.6 is 11.6 Å². The van der Waals surface area contributed by atoms with Gasteiger partial charge in [0.15, 0.2) is 17.4 Å². The summed E-state index contributed by atoms with van der Waals surface area (Å²) >= 11 is 6.10. The van der Waals surface area contributed by atoms with Crippen molar-refractivity contribution in [2.75, 3.05) is 11.7 Å². The van der Waals surface area contributed by atoms with Crippen molar-refractivity contribution in [1.29, 1.82) is 0 Å². The number of aliphatic imine (C=N–C) groups is 1. The Labute approximate surface area is 171 Å². The maximum Gasteiger partial charge on any atom is 0.335 e. The number of urea groups is 1. The van der Waals surface area contributed by atoms with Gasteiger partial charge in [0.1, 0.15) is 0 Å². The number of imide groups is 2. The number of rotatable bonds is 4. The number of carbonyl (C=O) groups excluding carboxylic acids is 3. The van der Waals surface area contributed by atoms with Crippen LogP contribution in [0.15, 0.2) is 41.4 Å². The zero-order chi connectivity index (χ0) is 20.5. The molecule has 1 N–H and O–H groups in total. The fraction of sp³-hybridized carbons (Fsp3) is 0.200. The molecule has 0 bridgehead atoms. The molecule has 2 aliphatic heterocycles. The maximum atomic E-state index is 12.8. The standard InChI is InChI=1S/C20H16ClN3O5/c1-11-2-4-13(7-15(11)21)24-19(26)14(18(25)23-20(24)27)9-22-8-12-3-5-16-17(6-12)29-10-28-16/h2-7,9,14H,8,10H2,1H3,(H,23,25,27)/t14-/m1/s1. The van der Waals surface area contributed by atoms with Gasteiger partial charge in [-0.2, -0.15) is 0 Å². The van der Waals surface area contributed by atoms with Crippen molar-refractivity contribution in [3.05, 3.63) is 52.5 Å². The Hall–Kier alpha value is -3.39. The summed E-state index contributed by atoms with van der Waals surface area (Å²) in [5.41, 5.74) is 1.91. The van der Waals surface area contributed by atoms with E-state index in [1.165, 1.54) is 12.3 Å². The van der Waals surface area contributed by atoms with Crippen LogP contribution in [0.2, 0.25) is 5.02 Å². The predicted molar refractivity (Wildman–Crippen MR) is 105 cm³/mol. The summed E-state index contributed by atoms with van der Waals surface area (Å²) in [6.45, 7) is 2.21. The lowest BCUT2D eigenvalue weighted by Crippen LogP contribution is -2.58. The minimum Gasteiger partial charge on any atom is -0.454 e. The second-order valence-electron chi connectivity index (χ2n) is 6.56. The molecule has 2 aromatic rings. The van der Waals surface area contributed by atoms with Crippen LogP contribution in [0.25, 0.3) is 0 Å². The molecule has 29 heavy (non-hydrogen) atoms. The van der Waals surface area contributed by atoms with E-state index in [0.717, 1.165) is 16.0 Å². The summed E-state index contributed by atoms with van der Waals surface area (Å²) in [4.78, 5) is 42.3. The Morgan fingerprint density at radius 1 is 1.17 bits per heavy atom. The van der Waals surface area contributed by atoms with Crippen molar-refractivity contribution in [3.8, 4) is 11.5 Å². The number of carbonyl (C=O) groups is 3. The zero-order valence-electron chi connectivity index (χ0n) is 15.3. The first-order chi connectivity index (χ1) is 13.9. The van der Waals surface area contributed by atoms with Crippen LogP contribution in [0.5, 0.6) is 11.5 Å². The van der Waals surface area contributed by atoms with E-state index in [1.54, 1.807) is 31.2 Å². The molecule has 0 aromatic heterocycles. The Bertz CT molecular complexity index is 1050. The lowest BCUT2D eigenvalue weighted by molar-refractivity contribution is -0.131. The lowest BCUT2D eigenvalue weighted by atomic mass is 10.1. The van der Waals surface area contributed by atoms with Gasteiger partial charge < -0.3 is 9.47 Å². The number of hydrogen-bond donors (Lipinski definition) is 1. The first kappa shape index (κ1) is 18.9. The smallest absolute Gasteiger partial charge is 0.335 e. The number of nitrogens with zero attached hydrogens (tertiary/aromatic N) is 2. The highest BCUT2D eigenvalue weighted by atomic mass is 35.5. The summed E-state index contributed by atoms with van der Waals surface area (Å²) in [7, 11) is 0. The van der Waals surface area contributed by atoms with Crippen LogP contribution in [-0.2, 0) is 16.1 Å². The van der Waals surface area contributed by atoms with E-state index in [9.17, 15) is 14.4 Å². The number of fused-ring (bicyclic) bond motifs is 1. The van der Waals surface area contributed by atoms with E-state index in [2.05, 4.69) is 10.3 Å². The van der Waals surface area contributed by atoms with Crippen LogP contribution in [0.1, 0.15) is 11.1 Å². The third kappa shape index (κ3) is 3.66. The quantitative estimate of drug-likeness (QED) is 0.614. The summed E-state index contributed by atoms with van der Waals surface area (Å²) < 4.78 is 10.6. The van der Waals surface area contributed by atoms with Gasteiger partial charge in [-0.3, -0.25) is 19.9 Å². The number of hydrogen-bond acceptors (Lipinski definition) is 6. The molecule has 1 saturated heterocycles. The topological polar surface area (TPSA) is 97.3 Å². The number of anilines is 1. The van der Waals surface area contributed by atoms with Gasteiger partial charge in [0.25, 0.3) is 5.91 Å². The molecule has 2 aliphatic rings. The van der Waals surface area contributed by atoms with E-state index < -0.39 is 23.8 Å². The van der Waals surface area contributed by atoms with Crippen LogP contribution in [-0.4, -0.2) is 30.9 Å². The molecule has 9 heteroatoms. The summed E-state index contributed by atoms with van der Waals surface area (Å²) in [5.74, 6) is -1.35. The molecule has 148 valence electrons. The van der Waals surface area contributed by atoms with Gasteiger partial charge in [0, 0.05) is 11.2 Å². The molecule has 4 amide bonds. The SMILES string of the molecule is Cc1ccc(N2C(=O)NC(=O)[C@@H](C=NCc3ccc4c(c3)OCO4)C2=O)cc1Cl. The third-order valence-electron chi connectivity index (χ3n) is 4.58. The van der Waals surface area contributed by atoms with E-state index in [4.69, 9.17) is 21.1 Å². The van der Waals surface area contributed by atoms with Gasteiger partial charge in [0.05, 0.1) is 12.2 Å². The molecule has 0 aliphatic carbocycles. The van der Waals surface area contributed by atoms with Crippen LogP contribution in [0, 0.1) is 12.8 Å². The van der Waals surface area contributed by atoms with E-state index in [1.807, 2.05) is 6.07 Å². The minimum absolute atomic E-state index is 0.172. The second-order valence-corrected chi connectivity index (χ2v) is 6.96. The fourth-order valence-corrected chi connectivity index (χ4v) is 3.16. The van der Waals surface area contributed by atoms with E-state index in [-0.39, 0.29) is 19.0 Å². The minimum atomic E-state index is -1.22. The molecule has 2 heterocycles. The molecule has 0 saturated carbocycles. The molecule has 8 nitrogen and oxygen atoms in total. The highest BCUT2D eigenvalue weighted by Crippen LogP contribution is 2.32. The second kappa shape index (κ2) is 7.56. The number of halogens is 1. The first-order valence-corrected chi connectivity index (χ1v) is 9.15. The Morgan fingerprint density at radius 2 is 1.97 bits per heavy atom. The van der Waals surface area contributed by atoms with Crippen LogP contribution < -0.4 is 19.7 Å². The number of aryl methyl sites for hydroxylation is 1. The van der Waals surface area contributed by atoms with Gasteiger partial charge in [0.2, 0.25) is 12.7 Å². The normalized spacial score (nSPS) is 18.5. The number of barbiturate groups is 1. The van der Waals surface area contributed by atoms with Crippen molar-refractivity contribution in [3.63, 3.8) is 0 Å². The molecular formula is C20H16ClN3O5. The molecule has 1 atom stereocenters. The first-order valence-electron chi connectivity index (χ1n) is 8.77. The number of amides is 4. The zero-order valence-corrected chi connectivity index (χ0v) is 16.1. The van der Waals surface area contributed by atoms with E-state index >= 15 is 0 Å². The van der Waals surface area contributed by atoms with Gasteiger partial charge in [-0.05, 0) is 42.3 Å². The van der Waals surface area contributed by atoms with E-state index in [0.29, 0.717) is 16.5 Å². The van der Waals surface area contributed by atoms with Gasteiger partial charge in [-0.1, -0.05) is 23.7 Å². The fourth-order valence-electron chi connectivity index (χ4n) is 2.99. The average molecular weight is 414 g/mol. The largest absolute Gasteiger partial charge is 0.454 e. The molecule has 2 aromatic carbocycles. The monoisotopic (exact) mass is 413 g/mol. The maximum absolute atomic E-state index is 12.8. The van der Waals surface area contributed by atoms with Gasteiger partial charge in [-0.25, -0.2) is 9.69 Å². The average Bonchev–Trinajstić information content (AvgIpc) is 3.15. The number of ether oxygens (including phenoxy) is 2. The van der Waals surface area contributed by atoms with Crippen LogP contribution in [0.4, 0.5) is 10.5 Å².